The zero-order valence-electron chi connectivity index (χ0n) is 14.5. The lowest BCUT2D eigenvalue weighted by Crippen LogP contribution is -2.10. The first-order chi connectivity index (χ1) is 12.6. The van der Waals surface area contributed by atoms with Gasteiger partial charge in [0.25, 0.3) is 0 Å². The number of aryl methyl sites for hydroxylation is 1. The van der Waals surface area contributed by atoms with E-state index in [1.807, 2.05) is 31.2 Å². The summed E-state index contributed by atoms with van der Waals surface area (Å²) in [5.41, 5.74) is 2.95. The fraction of sp³-hybridized carbons (Fsp3) is 0.222. The number of hydrogen-bond acceptors (Lipinski definition) is 8. The Morgan fingerprint density at radius 1 is 1.38 bits per heavy atom. The third-order valence-corrected chi connectivity index (χ3v) is 5.78. The Hall–Kier alpha value is -2.45. The maximum atomic E-state index is 12.3. The SMILES string of the molecule is C=CCNc1nnc(SCc2nc3ccccc3c(C)c2C(=O)OC)s1. The number of para-hydroxylation sites is 1. The maximum absolute atomic E-state index is 12.3. The van der Waals surface area contributed by atoms with Gasteiger partial charge < -0.3 is 10.1 Å². The van der Waals surface area contributed by atoms with Crippen molar-refractivity contribution in [3.8, 4) is 0 Å². The molecule has 1 aromatic carbocycles. The van der Waals surface area contributed by atoms with E-state index in [4.69, 9.17) is 4.74 Å². The molecule has 6 nitrogen and oxygen atoms in total. The highest BCUT2D eigenvalue weighted by atomic mass is 32.2. The Morgan fingerprint density at radius 3 is 2.96 bits per heavy atom. The molecule has 0 unspecified atom stereocenters. The molecule has 0 atom stereocenters. The summed E-state index contributed by atoms with van der Waals surface area (Å²) >= 11 is 2.95. The van der Waals surface area contributed by atoms with Gasteiger partial charge in [0.05, 0.1) is 23.9 Å². The number of hydrogen-bond donors (Lipinski definition) is 1. The minimum atomic E-state index is -0.373. The van der Waals surface area contributed by atoms with Crippen molar-refractivity contribution in [3.63, 3.8) is 0 Å². The van der Waals surface area contributed by atoms with E-state index in [2.05, 4.69) is 27.1 Å². The molecule has 0 fully saturated rings. The normalized spacial score (nSPS) is 10.7. The molecule has 0 aliphatic carbocycles. The Balaban J connectivity index is 1.89. The average molecular weight is 387 g/mol. The fourth-order valence-corrected chi connectivity index (χ4v) is 4.25. The predicted molar refractivity (Wildman–Crippen MR) is 106 cm³/mol. The van der Waals surface area contributed by atoms with Crippen LogP contribution in [0.15, 0.2) is 41.3 Å². The first-order valence-electron chi connectivity index (χ1n) is 7.91. The lowest BCUT2D eigenvalue weighted by Gasteiger charge is -2.12. The van der Waals surface area contributed by atoms with Crippen molar-refractivity contribution >= 4 is 45.1 Å². The third-order valence-electron chi connectivity index (χ3n) is 3.75. The van der Waals surface area contributed by atoms with Crippen LogP contribution in [0, 0.1) is 6.92 Å². The number of rotatable bonds is 7. The second kappa shape index (κ2) is 8.29. The average Bonchev–Trinajstić information content (AvgIpc) is 3.12. The van der Waals surface area contributed by atoms with Gasteiger partial charge in [-0.2, -0.15) is 0 Å². The summed E-state index contributed by atoms with van der Waals surface area (Å²) < 4.78 is 5.78. The summed E-state index contributed by atoms with van der Waals surface area (Å²) in [7, 11) is 1.39. The van der Waals surface area contributed by atoms with Crippen LogP contribution in [0.2, 0.25) is 0 Å². The largest absolute Gasteiger partial charge is 0.465 e. The van der Waals surface area contributed by atoms with Gasteiger partial charge in [-0.3, -0.25) is 4.98 Å². The van der Waals surface area contributed by atoms with Crippen LogP contribution >= 0.6 is 23.1 Å². The number of methoxy groups -OCH3 is 1. The van der Waals surface area contributed by atoms with Gasteiger partial charge in [-0.15, -0.1) is 16.8 Å². The molecule has 0 saturated carbocycles. The number of carbonyl (C=O) groups is 1. The van der Waals surface area contributed by atoms with Gasteiger partial charge in [-0.25, -0.2) is 4.79 Å². The minimum absolute atomic E-state index is 0.373. The molecule has 0 radical (unpaired) electrons. The number of ether oxygens (including phenoxy) is 1. The van der Waals surface area contributed by atoms with Crippen molar-refractivity contribution in [2.45, 2.75) is 17.0 Å². The predicted octanol–water partition coefficient (Wildman–Crippen LogP) is 4.07. The molecule has 8 heteroatoms. The minimum Gasteiger partial charge on any atom is -0.465 e. The monoisotopic (exact) mass is 386 g/mol. The summed E-state index contributed by atoms with van der Waals surface area (Å²) in [6.45, 7) is 6.22. The molecular formula is C18H18N4O2S2. The maximum Gasteiger partial charge on any atom is 0.340 e. The van der Waals surface area contributed by atoms with Gasteiger partial charge in [-0.1, -0.05) is 47.4 Å². The molecule has 0 spiro atoms. The molecular weight excluding hydrogens is 368 g/mol. The molecule has 0 aliphatic rings. The molecule has 0 amide bonds. The Morgan fingerprint density at radius 2 is 2.19 bits per heavy atom. The van der Waals surface area contributed by atoms with Gasteiger partial charge in [0, 0.05) is 17.7 Å². The van der Waals surface area contributed by atoms with Crippen molar-refractivity contribution in [1.82, 2.24) is 15.2 Å². The Labute approximate surface area is 159 Å². The van der Waals surface area contributed by atoms with E-state index in [1.54, 1.807) is 6.08 Å². The van der Waals surface area contributed by atoms with Crippen molar-refractivity contribution in [2.24, 2.45) is 0 Å². The van der Waals surface area contributed by atoms with Crippen LogP contribution in [0.5, 0.6) is 0 Å². The highest BCUT2D eigenvalue weighted by molar-refractivity contribution is 8.00. The lowest BCUT2D eigenvalue weighted by atomic mass is 10.0. The zero-order chi connectivity index (χ0) is 18.5. The number of anilines is 1. The van der Waals surface area contributed by atoms with Gasteiger partial charge in [0.15, 0.2) is 4.34 Å². The van der Waals surface area contributed by atoms with E-state index in [0.29, 0.717) is 23.6 Å². The third kappa shape index (κ3) is 3.86. The van der Waals surface area contributed by atoms with Crippen LogP contribution < -0.4 is 5.32 Å². The molecule has 3 rings (SSSR count). The number of benzene rings is 1. The number of aromatic nitrogens is 3. The number of esters is 1. The Bertz CT molecular complexity index is 956. The highest BCUT2D eigenvalue weighted by Crippen LogP contribution is 2.31. The molecule has 0 saturated heterocycles. The highest BCUT2D eigenvalue weighted by Gasteiger charge is 2.20. The number of carbonyl (C=O) groups excluding carboxylic acids is 1. The van der Waals surface area contributed by atoms with Gasteiger partial charge in [0.2, 0.25) is 5.13 Å². The van der Waals surface area contributed by atoms with Gasteiger partial charge in [0.1, 0.15) is 0 Å². The quantitative estimate of drug-likeness (QED) is 0.372. The second-order valence-electron chi connectivity index (χ2n) is 5.40. The van der Waals surface area contributed by atoms with E-state index in [0.717, 1.165) is 25.9 Å². The Kier molecular flexibility index (Phi) is 5.85. The standard InChI is InChI=1S/C18H18N4O2S2/c1-4-9-19-17-21-22-18(26-17)25-10-14-15(16(23)24-3)11(2)12-7-5-6-8-13(12)20-14/h4-8H,1,9-10H2,2-3H3,(H,19,21). The van der Waals surface area contributed by atoms with E-state index < -0.39 is 0 Å². The summed E-state index contributed by atoms with van der Waals surface area (Å²) in [4.78, 5) is 17.0. The van der Waals surface area contributed by atoms with E-state index in [1.165, 1.54) is 30.2 Å². The molecule has 2 heterocycles. The molecule has 26 heavy (non-hydrogen) atoms. The molecule has 0 bridgehead atoms. The first-order valence-corrected chi connectivity index (χ1v) is 9.72. The van der Waals surface area contributed by atoms with Crippen LogP contribution in [-0.4, -0.2) is 34.8 Å². The molecule has 134 valence electrons. The molecule has 1 N–H and O–H groups in total. The smallest absolute Gasteiger partial charge is 0.340 e. The number of nitrogens with one attached hydrogen (secondary N) is 1. The zero-order valence-corrected chi connectivity index (χ0v) is 16.1. The first kappa shape index (κ1) is 18.3. The van der Waals surface area contributed by atoms with Gasteiger partial charge >= 0.3 is 5.97 Å². The number of fused-ring (bicyclic) bond motifs is 1. The van der Waals surface area contributed by atoms with E-state index in [9.17, 15) is 4.79 Å². The number of thioether (sulfide) groups is 1. The lowest BCUT2D eigenvalue weighted by molar-refractivity contribution is 0.0598. The van der Waals surface area contributed by atoms with Crippen LogP contribution in [0.3, 0.4) is 0 Å². The van der Waals surface area contributed by atoms with E-state index in [-0.39, 0.29) is 5.97 Å². The fourth-order valence-electron chi connectivity index (χ4n) is 2.55. The topological polar surface area (TPSA) is 77.0 Å². The van der Waals surface area contributed by atoms with Crippen LogP contribution in [0.25, 0.3) is 10.9 Å². The summed E-state index contributed by atoms with van der Waals surface area (Å²) in [5, 5.41) is 13.0. The number of pyridine rings is 1. The second-order valence-corrected chi connectivity index (χ2v) is 7.60. The van der Waals surface area contributed by atoms with Crippen molar-refractivity contribution < 1.29 is 9.53 Å². The van der Waals surface area contributed by atoms with Gasteiger partial charge in [-0.05, 0) is 18.6 Å². The van der Waals surface area contributed by atoms with Crippen LogP contribution in [0.1, 0.15) is 21.6 Å². The van der Waals surface area contributed by atoms with E-state index >= 15 is 0 Å². The van der Waals surface area contributed by atoms with Crippen molar-refractivity contribution in [2.75, 3.05) is 19.0 Å². The molecule has 3 aromatic rings. The summed E-state index contributed by atoms with van der Waals surface area (Å²) in [6.07, 6.45) is 1.76. The van der Waals surface area contributed by atoms with Crippen LogP contribution in [0.4, 0.5) is 5.13 Å². The molecule has 2 aromatic heterocycles. The molecule has 0 aliphatic heterocycles. The summed E-state index contributed by atoms with van der Waals surface area (Å²) in [6, 6.07) is 7.78. The van der Waals surface area contributed by atoms with Crippen molar-refractivity contribution in [3.05, 3.63) is 53.7 Å². The summed E-state index contributed by atoms with van der Waals surface area (Å²) in [5.74, 6) is 0.133. The van der Waals surface area contributed by atoms with Crippen LogP contribution in [-0.2, 0) is 10.5 Å². The van der Waals surface area contributed by atoms with Crippen molar-refractivity contribution in [1.29, 1.82) is 0 Å². The number of nitrogens with zero attached hydrogens (tertiary/aromatic N) is 3.